The summed E-state index contributed by atoms with van der Waals surface area (Å²) in [6, 6.07) is 1.85. The third-order valence-corrected chi connectivity index (χ3v) is 4.30. The molecule has 0 spiro atoms. The first-order chi connectivity index (χ1) is 9.45. The van der Waals surface area contributed by atoms with Crippen LogP contribution in [0.25, 0.3) is 0 Å². The number of halogens is 3. The van der Waals surface area contributed by atoms with Crippen LogP contribution in [-0.4, -0.2) is 37.3 Å². The predicted molar refractivity (Wildman–Crippen MR) is 98.0 cm³/mol. The molecule has 1 aromatic heterocycles. The summed E-state index contributed by atoms with van der Waals surface area (Å²) in [6.07, 6.45) is 0. The molecule has 0 saturated carbocycles. The van der Waals surface area contributed by atoms with Gasteiger partial charge >= 0.3 is 0 Å². The van der Waals surface area contributed by atoms with E-state index in [0.29, 0.717) is 16.7 Å². The molecule has 2 heterocycles. The first-order valence-electron chi connectivity index (χ1n) is 6.47. The lowest BCUT2D eigenvalue weighted by atomic mass is 9.89. The molecule has 0 aliphatic carbocycles. The molecule has 2 N–H and O–H groups in total. The van der Waals surface area contributed by atoms with Crippen molar-refractivity contribution in [3.05, 3.63) is 21.9 Å². The first kappa shape index (κ1) is 18.9. The van der Waals surface area contributed by atoms with Crippen molar-refractivity contribution in [1.29, 1.82) is 0 Å². The molecule has 1 aromatic rings. The zero-order valence-electron chi connectivity index (χ0n) is 12.4. The van der Waals surface area contributed by atoms with E-state index in [0.717, 1.165) is 31.4 Å². The Bertz CT molecular complexity index is 515. The minimum absolute atomic E-state index is 0. The Morgan fingerprint density at radius 2 is 2.10 bits per heavy atom. The number of ether oxygens (including phenoxy) is 1. The van der Waals surface area contributed by atoms with Gasteiger partial charge in [0, 0.05) is 31.7 Å². The minimum atomic E-state index is 0. The van der Waals surface area contributed by atoms with E-state index in [2.05, 4.69) is 22.5 Å². The van der Waals surface area contributed by atoms with Gasteiger partial charge in [-0.2, -0.15) is 0 Å². The maximum atomic E-state index is 6.04. The van der Waals surface area contributed by atoms with E-state index in [9.17, 15) is 0 Å². The van der Waals surface area contributed by atoms with Crippen LogP contribution in [0, 0.1) is 5.41 Å². The van der Waals surface area contributed by atoms with Crippen LogP contribution in [0.5, 0.6) is 0 Å². The molecule has 0 bridgehead atoms. The molecule has 0 aromatic carbocycles. The van der Waals surface area contributed by atoms with E-state index in [1.54, 1.807) is 7.05 Å². The maximum absolute atomic E-state index is 6.04. The summed E-state index contributed by atoms with van der Waals surface area (Å²) in [5.41, 5.74) is 1.20. The second-order valence-electron chi connectivity index (χ2n) is 5.42. The van der Waals surface area contributed by atoms with Gasteiger partial charge in [-0.25, -0.2) is 0 Å². The summed E-state index contributed by atoms with van der Waals surface area (Å²) < 4.78 is 7.08. The van der Waals surface area contributed by atoms with Crippen molar-refractivity contribution in [2.75, 3.05) is 26.8 Å². The minimum Gasteiger partial charge on any atom is -0.380 e. The van der Waals surface area contributed by atoms with Crippen LogP contribution >= 0.6 is 47.2 Å². The lowest BCUT2D eigenvalue weighted by Crippen LogP contribution is -2.50. The Kier molecular flexibility index (Phi) is 7.09. The monoisotopic (exact) mass is 446 g/mol. The molecule has 1 fully saturated rings. The molecule has 1 saturated heterocycles. The van der Waals surface area contributed by atoms with Crippen molar-refractivity contribution in [1.82, 2.24) is 15.2 Å². The summed E-state index contributed by atoms with van der Waals surface area (Å²) in [5.74, 6) is 0.756. The van der Waals surface area contributed by atoms with Crippen molar-refractivity contribution in [3.63, 3.8) is 0 Å². The molecule has 0 radical (unpaired) electrons. The standard InChI is InChI=1S/C13H20Cl2N4O.HI/c1-13(7-20-8-13)6-18-12(16-2)17-5-9-4-10(14)11(15)19(9)3;/h4H,5-8H2,1-3H3,(H2,16,17,18);1H. The van der Waals surface area contributed by atoms with Gasteiger partial charge in [-0.15, -0.1) is 24.0 Å². The summed E-state index contributed by atoms with van der Waals surface area (Å²) in [4.78, 5) is 4.20. The highest BCUT2D eigenvalue weighted by Gasteiger charge is 2.33. The lowest BCUT2D eigenvalue weighted by molar-refractivity contribution is -0.0971. The highest BCUT2D eigenvalue weighted by Crippen LogP contribution is 2.25. The van der Waals surface area contributed by atoms with Gasteiger partial charge in [-0.05, 0) is 6.07 Å². The fourth-order valence-electron chi connectivity index (χ4n) is 2.00. The SMILES string of the molecule is CN=C(NCc1cc(Cl)c(Cl)n1C)NCC1(C)COC1.I. The van der Waals surface area contributed by atoms with Gasteiger partial charge < -0.3 is 19.9 Å². The molecule has 1 aliphatic heterocycles. The second kappa shape index (κ2) is 7.89. The van der Waals surface area contributed by atoms with Crippen molar-refractivity contribution in [2.24, 2.45) is 17.5 Å². The van der Waals surface area contributed by atoms with Gasteiger partial charge in [0.15, 0.2) is 5.96 Å². The normalized spacial score (nSPS) is 16.9. The quantitative estimate of drug-likeness (QED) is 0.424. The first-order valence-corrected chi connectivity index (χ1v) is 7.23. The zero-order valence-corrected chi connectivity index (χ0v) is 16.2. The lowest BCUT2D eigenvalue weighted by Gasteiger charge is -2.38. The zero-order chi connectivity index (χ0) is 14.8. The van der Waals surface area contributed by atoms with Gasteiger partial charge in [0.2, 0.25) is 0 Å². The fourth-order valence-corrected chi connectivity index (χ4v) is 2.42. The average Bonchev–Trinajstić information content (AvgIpc) is 2.64. The van der Waals surface area contributed by atoms with Crippen molar-refractivity contribution >= 4 is 53.1 Å². The highest BCUT2D eigenvalue weighted by molar-refractivity contribution is 14.0. The van der Waals surface area contributed by atoms with E-state index >= 15 is 0 Å². The molecule has 1 aliphatic rings. The summed E-state index contributed by atoms with van der Waals surface area (Å²) in [5, 5.41) is 7.66. The van der Waals surface area contributed by atoms with Crippen LogP contribution in [-0.2, 0) is 18.3 Å². The number of aliphatic imine (C=N–C) groups is 1. The van der Waals surface area contributed by atoms with Gasteiger partial charge in [0.05, 0.1) is 24.8 Å². The number of nitrogens with zero attached hydrogens (tertiary/aromatic N) is 2. The van der Waals surface area contributed by atoms with Crippen LogP contribution in [0.2, 0.25) is 10.2 Å². The molecule has 0 unspecified atom stereocenters. The molecule has 5 nitrogen and oxygen atoms in total. The van der Waals surface area contributed by atoms with Crippen LogP contribution in [0.4, 0.5) is 0 Å². The molecule has 8 heteroatoms. The number of rotatable bonds is 4. The highest BCUT2D eigenvalue weighted by atomic mass is 127. The number of hydrogen-bond acceptors (Lipinski definition) is 2. The molecule has 21 heavy (non-hydrogen) atoms. The molecular weight excluding hydrogens is 426 g/mol. The van der Waals surface area contributed by atoms with Crippen LogP contribution in [0.1, 0.15) is 12.6 Å². The molecule has 0 amide bonds. The Hall–Kier alpha value is -0.180. The molecule has 0 atom stereocenters. The number of hydrogen-bond donors (Lipinski definition) is 2. The average molecular weight is 447 g/mol. The molecule has 120 valence electrons. The molecular formula is C13H21Cl2IN4O. The second-order valence-corrected chi connectivity index (χ2v) is 6.18. The van der Waals surface area contributed by atoms with E-state index in [-0.39, 0.29) is 29.4 Å². The maximum Gasteiger partial charge on any atom is 0.191 e. The number of guanidine groups is 1. The van der Waals surface area contributed by atoms with Crippen LogP contribution < -0.4 is 10.6 Å². The van der Waals surface area contributed by atoms with E-state index in [1.807, 2.05) is 17.7 Å². The van der Waals surface area contributed by atoms with Crippen molar-refractivity contribution < 1.29 is 4.74 Å². The fraction of sp³-hybridized carbons (Fsp3) is 0.615. The Morgan fingerprint density at radius 1 is 1.43 bits per heavy atom. The van der Waals surface area contributed by atoms with Gasteiger partial charge in [-0.1, -0.05) is 30.1 Å². The van der Waals surface area contributed by atoms with Crippen molar-refractivity contribution in [3.8, 4) is 0 Å². The Balaban J connectivity index is 0.00000220. The van der Waals surface area contributed by atoms with Crippen LogP contribution in [0.15, 0.2) is 11.1 Å². The van der Waals surface area contributed by atoms with Crippen LogP contribution in [0.3, 0.4) is 0 Å². The smallest absolute Gasteiger partial charge is 0.191 e. The third kappa shape index (κ3) is 4.64. The van der Waals surface area contributed by atoms with Gasteiger partial charge in [0.1, 0.15) is 5.15 Å². The predicted octanol–water partition coefficient (Wildman–Crippen LogP) is 2.65. The Morgan fingerprint density at radius 3 is 2.52 bits per heavy atom. The summed E-state index contributed by atoms with van der Waals surface area (Å²) in [7, 11) is 3.63. The summed E-state index contributed by atoms with van der Waals surface area (Å²) >= 11 is 12.0. The topological polar surface area (TPSA) is 50.6 Å². The number of aromatic nitrogens is 1. The molecule has 2 rings (SSSR count). The largest absolute Gasteiger partial charge is 0.380 e. The third-order valence-electron chi connectivity index (χ3n) is 3.46. The van der Waals surface area contributed by atoms with E-state index < -0.39 is 0 Å². The van der Waals surface area contributed by atoms with Gasteiger partial charge in [-0.3, -0.25) is 4.99 Å². The van der Waals surface area contributed by atoms with Gasteiger partial charge in [0.25, 0.3) is 0 Å². The van der Waals surface area contributed by atoms with Crippen molar-refractivity contribution in [2.45, 2.75) is 13.5 Å². The Labute approximate surface area is 152 Å². The number of nitrogens with one attached hydrogen (secondary N) is 2. The summed E-state index contributed by atoms with van der Waals surface area (Å²) in [6.45, 7) is 5.21. The van der Waals surface area contributed by atoms with E-state index in [1.165, 1.54) is 0 Å². The van der Waals surface area contributed by atoms with E-state index in [4.69, 9.17) is 27.9 Å².